The topological polar surface area (TPSA) is 83.8 Å². The Hall–Kier alpha value is -2.41. The Morgan fingerprint density at radius 1 is 1.30 bits per heavy atom. The highest BCUT2D eigenvalue weighted by atomic mass is 35.5. The number of hydrogen-bond acceptors (Lipinski definition) is 3. The molecule has 1 aromatic carbocycles. The van der Waals surface area contributed by atoms with Crippen molar-refractivity contribution in [2.75, 3.05) is 6.54 Å². The van der Waals surface area contributed by atoms with E-state index < -0.39 is 0 Å². The summed E-state index contributed by atoms with van der Waals surface area (Å²) < 4.78 is 13.3. The number of pyridine rings is 1. The zero-order valence-corrected chi connectivity index (χ0v) is 16.0. The Bertz CT molecular complexity index is 913. The number of rotatable bonds is 6. The second kappa shape index (κ2) is 10.7. The number of benzene rings is 1. The van der Waals surface area contributed by atoms with Crippen molar-refractivity contribution >= 4 is 47.8 Å². The Labute approximate surface area is 169 Å². The van der Waals surface area contributed by atoms with Crippen LogP contribution in [0, 0.1) is 5.82 Å². The molecular formula is C19H21Cl2FN4O. The van der Waals surface area contributed by atoms with Crippen LogP contribution in [0.1, 0.15) is 11.1 Å². The van der Waals surface area contributed by atoms with Crippen molar-refractivity contribution in [2.24, 2.45) is 5.73 Å². The molecule has 0 aliphatic heterocycles. The van der Waals surface area contributed by atoms with Crippen molar-refractivity contribution in [1.82, 2.24) is 15.3 Å². The van der Waals surface area contributed by atoms with Crippen LogP contribution in [-0.2, 0) is 11.2 Å². The molecule has 0 aliphatic carbocycles. The van der Waals surface area contributed by atoms with Gasteiger partial charge in [0.15, 0.2) is 0 Å². The van der Waals surface area contributed by atoms with Gasteiger partial charge < -0.3 is 16.0 Å². The molecule has 1 amide bonds. The fourth-order valence-corrected chi connectivity index (χ4v) is 2.67. The summed E-state index contributed by atoms with van der Waals surface area (Å²) in [6, 6.07) is 9.81. The van der Waals surface area contributed by atoms with Crippen LogP contribution in [0.2, 0.25) is 0 Å². The first-order valence-corrected chi connectivity index (χ1v) is 8.01. The predicted molar refractivity (Wildman–Crippen MR) is 111 cm³/mol. The van der Waals surface area contributed by atoms with Gasteiger partial charge in [0.1, 0.15) is 11.5 Å². The summed E-state index contributed by atoms with van der Waals surface area (Å²) in [6.45, 7) is 0.271. The van der Waals surface area contributed by atoms with Crippen LogP contribution in [0.5, 0.6) is 0 Å². The highest BCUT2D eigenvalue weighted by Gasteiger charge is 2.10. The summed E-state index contributed by atoms with van der Waals surface area (Å²) >= 11 is 0. The van der Waals surface area contributed by atoms with Crippen LogP contribution < -0.4 is 11.1 Å². The molecule has 0 spiro atoms. The molecule has 1 atom stereocenters. The third-order valence-corrected chi connectivity index (χ3v) is 3.90. The lowest BCUT2D eigenvalue weighted by atomic mass is 10.1. The van der Waals surface area contributed by atoms with Gasteiger partial charge in [0.25, 0.3) is 0 Å². The smallest absolute Gasteiger partial charge is 0.244 e. The van der Waals surface area contributed by atoms with E-state index in [-0.39, 0.29) is 49.1 Å². The number of hydrogen-bond donors (Lipinski definition) is 3. The fourth-order valence-electron chi connectivity index (χ4n) is 2.67. The van der Waals surface area contributed by atoms with Gasteiger partial charge in [-0.15, -0.1) is 24.8 Å². The fraction of sp³-hybridized carbons (Fsp3) is 0.158. The number of carbonyl (C=O) groups is 1. The predicted octanol–water partition coefficient (Wildman–Crippen LogP) is 3.25. The molecule has 27 heavy (non-hydrogen) atoms. The summed E-state index contributed by atoms with van der Waals surface area (Å²) in [6.07, 6.45) is 7.17. The van der Waals surface area contributed by atoms with Crippen LogP contribution in [0.4, 0.5) is 4.39 Å². The van der Waals surface area contributed by atoms with Gasteiger partial charge in [-0.3, -0.25) is 4.79 Å². The van der Waals surface area contributed by atoms with Gasteiger partial charge in [-0.25, -0.2) is 9.37 Å². The van der Waals surface area contributed by atoms with Gasteiger partial charge in [0.2, 0.25) is 5.91 Å². The Kier molecular flexibility index (Phi) is 8.94. The third-order valence-electron chi connectivity index (χ3n) is 3.90. The maximum Gasteiger partial charge on any atom is 0.244 e. The van der Waals surface area contributed by atoms with Crippen LogP contribution in [0.25, 0.3) is 17.1 Å². The Morgan fingerprint density at radius 2 is 2.11 bits per heavy atom. The molecule has 8 heteroatoms. The maximum atomic E-state index is 13.3. The van der Waals surface area contributed by atoms with E-state index >= 15 is 0 Å². The van der Waals surface area contributed by atoms with Crippen LogP contribution in [0.3, 0.4) is 0 Å². The summed E-state index contributed by atoms with van der Waals surface area (Å²) in [5.74, 6) is -0.544. The zero-order valence-electron chi connectivity index (χ0n) is 14.4. The number of amides is 1. The highest BCUT2D eigenvalue weighted by Crippen LogP contribution is 2.16. The minimum absolute atomic E-state index is 0. The molecule has 2 aromatic heterocycles. The largest absolute Gasteiger partial charge is 0.348 e. The summed E-state index contributed by atoms with van der Waals surface area (Å²) in [5, 5.41) is 3.79. The molecule has 3 aromatic rings. The minimum Gasteiger partial charge on any atom is -0.348 e. The lowest BCUT2D eigenvalue weighted by molar-refractivity contribution is -0.117. The first-order chi connectivity index (χ1) is 12.2. The quantitative estimate of drug-likeness (QED) is 0.545. The molecule has 0 saturated carbocycles. The van der Waals surface area contributed by atoms with E-state index in [4.69, 9.17) is 5.73 Å². The van der Waals surface area contributed by atoms with E-state index in [9.17, 15) is 9.18 Å². The zero-order chi connectivity index (χ0) is 17.6. The minimum atomic E-state index is -0.299. The Morgan fingerprint density at radius 3 is 2.85 bits per heavy atom. The SMILES string of the molecule is Cl.Cl.NC[C@H](Cc1cccc(F)c1)NC(=O)C=Cc1c[nH]c2ncccc12. The van der Waals surface area contributed by atoms with Crippen molar-refractivity contribution < 1.29 is 9.18 Å². The summed E-state index contributed by atoms with van der Waals surface area (Å²) in [4.78, 5) is 19.4. The van der Waals surface area contributed by atoms with Crippen LogP contribution in [-0.4, -0.2) is 28.5 Å². The van der Waals surface area contributed by atoms with E-state index in [2.05, 4.69) is 15.3 Å². The first-order valence-electron chi connectivity index (χ1n) is 8.01. The lowest BCUT2D eigenvalue weighted by Crippen LogP contribution is -2.40. The van der Waals surface area contributed by atoms with E-state index in [1.54, 1.807) is 24.5 Å². The second-order valence-electron chi connectivity index (χ2n) is 5.75. The van der Waals surface area contributed by atoms with Crippen molar-refractivity contribution in [3.05, 3.63) is 71.8 Å². The highest BCUT2D eigenvalue weighted by molar-refractivity contribution is 5.95. The number of nitrogens with zero attached hydrogens (tertiary/aromatic N) is 1. The van der Waals surface area contributed by atoms with Gasteiger partial charge in [-0.2, -0.15) is 0 Å². The van der Waals surface area contributed by atoms with E-state index in [0.29, 0.717) is 6.42 Å². The molecule has 0 unspecified atom stereocenters. The number of aromatic amines is 1. The third kappa shape index (κ3) is 6.06. The number of halogens is 3. The maximum absolute atomic E-state index is 13.3. The number of H-pyrrole nitrogens is 1. The molecular weight excluding hydrogens is 390 g/mol. The molecule has 144 valence electrons. The number of nitrogens with one attached hydrogen (secondary N) is 2. The van der Waals surface area contributed by atoms with Gasteiger partial charge in [-0.05, 0) is 42.3 Å². The summed E-state index contributed by atoms with van der Waals surface area (Å²) in [5.41, 5.74) is 8.17. The van der Waals surface area contributed by atoms with Crippen LogP contribution >= 0.6 is 24.8 Å². The van der Waals surface area contributed by atoms with Crippen molar-refractivity contribution in [1.29, 1.82) is 0 Å². The molecule has 4 N–H and O–H groups in total. The van der Waals surface area contributed by atoms with E-state index in [1.165, 1.54) is 18.2 Å². The molecule has 0 saturated heterocycles. The van der Waals surface area contributed by atoms with Gasteiger partial charge in [0.05, 0.1) is 0 Å². The average Bonchev–Trinajstić information content (AvgIpc) is 3.02. The summed E-state index contributed by atoms with van der Waals surface area (Å²) in [7, 11) is 0. The standard InChI is InChI=1S/C19H19FN4O.2ClH/c20-15-4-1-3-13(9-15)10-16(11-21)24-18(25)7-6-14-12-23-19-17(14)5-2-8-22-19;;/h1-9,12,16H,10-11,21H2,(H,22,23)(H,24,25);2*1H/t16-;;/m0../s1. The number of carbonyl (C=O) groups excluding carboxylic acids is 1. The molecule has 0 aliphatic rings. The van der Waals surface area contributed by atoms with Gasteiger partial charge in [0, 0.05) is 42.0 Å². The molecule has 0 radical (unpaired) electrons. The van der Waals surface area contributed by atoms with E-state index in [0.717, 1.165) is 22.2 Å². The molecule has 3 rings (SSSR count). The van der Waals surface area contributed by atoms with Gasteiger partial charge in [-0.1, -0.05) is 12.1 Å². The van der Waals surface area contributed by atoms with Crippen LogP contribution in [0.15, 0.2) is 54.9 Å². The van der Waals surface area contributed by atoms with Crippen molar-refractivity contribution in [3.63, 3.8) is 0 Å². The number of nitrogens with two attached hydrogens (primary N) is 1. The monoisotopic (exact) mass is 410 g/mol. The van der Waals surface area contributed by atoms with Gasteiger partial charge >= 0.3 is 0 Å². The molecule has 0 bridgehead atoms. The van der Waals surface area contributed by atoms with Crippen molar-refractivity contribution in [3.8, 4) is 0 Å². The molecule has 2 heterocycles. The molecule has 5 nitrogen and oxygen atoms in total. The van der Waals surface area contributed by atoms with Crippen molar-refractivity contribution in [2.45, 2.75) is 12.5 Å². The second-order valence-corrected chi connectivity index (χ2v) is 5.75. The number of fused-ring (bicyclic) bond motifs is 1. The first kappa shape index (κ1) is 22.6. The number of aromatic nitrogens is 2. The Balaban J connectivity index is 0.00000182. The average molecular weight is 411 g/mol. The normalized spacial score (nSPS) is 11.6. The van der Waals surface area contributed by atoms with E-state index in [1.807, 2.05) is 18.2 Å². The molecule has 0 fully saturated rings. The lowest BCUT2D eigenvalue weighted by Gasteiger charge is -2.15.